The van der Waals surface area contributed by atoms with Gasteiger partial charge in [-0.1, -0.05) is 12.1 Å². The first kappa shape index (κ1) is 13.0. The van der Waals surface area contributed by atoms with Crippen LogP contribution in [-0.2, 0) is 13.0 Å². The molecule has 0 aliphatic heterocycles. The van der Waals surface area contributed by atoms with Crippen molar-refractivity contribution in [3.63, 3.8) is 0 Å². The van der Waals surface area contributed by atoms with Crippen molar-refractivity contribution in [2.45, 2.75) is 13.0 Å². The number of nitrogens with one attached hydrogen (secondary N) is 2. The van der Waals surface area contributed by atoms with Gasteiger partial charge in [0.2, 0.25) is 0 Å². The van der Waals surface area contributed by atoms with E-state index in [1.165, 1.54) is 10.4 Å². The molecule has 0 saturated heterocycles. The van der Waals surface area contributed by atoms with E-state index in [1.807, 2.05) is 24.5 Å². The second kappa shape index (κ2) is 6.45. The highest BCUT2D eigenvalue weighted by Gasteiger charge is 2.07. The Bertz CT molecular complexity index is 631. The lowest BCUT2D eigenvalue weighted by atomic mass is 10.2. The van der Waals surface area contributed by atoms with E-state index in [9.17, 15) is 0 Å². The van der Waals surface area contributed by atoms with E-state index in [0.717, 1.165) is 30.9 Å². The van der Waals surface area contributed by atoms with Crippen LogP contribution < -0.4 is 5.32 Å². The Balaban J connectivity index is 1.53. The molecule has 0 atom stereocenters. The molecule has 3 heterocycles. The second-order valence-corrected chi connectivity index (χ2v) is 5.44. The molecule has 3 aromatic rings. The highest BCUT2D eigenvalue weighted by Crippen LogP contribution is 2.25. The lowest BCUT2D eigenvalue weighted by molar-refractivity contribution is 0.681. The van der Waals surface area contributed by atoms with Gasteiger partial charge in [0, 0.05) is 37.0 Å². The average molecular weight is 284 g/mol. The van der Waals surface area contributed by atoms with Crippen LogP contribution in [-0.4, -0.2) is 21.7 Å². The fourth-order valence-corrected chi connectivity index (χ4v) is 2.82. The number of rotatable bonds is 6. The van der Waals surface area contributed by atoms with Crippen LogP contribution in [0.1, 0.15) is 11.3 Å². The fourth-order valence-electron chi connectivity index (χ4n) is 2.06. The van der Waals surface area contributed by atoms with Gasteiger partial charge in [-0.15, -0.1) is 11.3 Å². The minimum atomic E-state index is 0.816. The summed E-state index contributed by atoms with van der Waals surface area (Å²) in [7, 11) is 0. The molecule has 0 aromatic carbocycles. The molecule has 0 saturated carbocycles. The molecule has 3 rings (SSSR count). The van der Waals surface area contributed by atoms with Gasteiger partial charge in [-0.25, -0.2) is 0 Å². The molecule has 0 aliphatic carbocycles. The Morgan fingerprint density at radius 1 is 1.20 bits per heavy atom. The number of aromatic amines is 1. The van der Waals surface area contributed by atoms with E-state index in [2.05, 4.69) is 44.1 Å². The normalized spacial score (nSPS) is 10.8. The summed E-state index contributed by atoms with van der Waals surface area (Å²) in [5.74, 6) is 0. The fraction of sp³-hybridized carbons (Fsp3) is 0.200. The summed E-state index contributed by atoms with van der Waals surface area (Å²) >= 11 is 1.72. The third-order valence-corrected chi connectivity index (χ3v) is 3.97. The summed E-state index contributed by atoms with van der Waals surface area (Å²) in [5.41, 5.74) is 3.43. The SMILES string of the molecule is c1ccc(CCNCc2cn[nH]c2-c2cccs2)nc1. The quantitative estimate of drug-likeness (QED) is 0.684. The van der Waals surface area contributed by atoms with Crippen molar-refractivity contribution in [3.05, 3.63) is 59.4 Å². The number of hydrogen-bond acceptors (Lipinski definition) is 4. The largest absolute Gasteiger partial charge is 0.312 e. The maximum Gasteiger partial charge on any atom is 0.0794 e. The Morgan fingerprint density at radius 3 is 3.00 bits per heavy atom. The second-order valence-electron chi connectivity index (χ2n) is 4.50. The van der Waals surface area contributed by atoms with Crippen LogP contribution in [0.3, 0.4) is 0 Å². The first-order valence-corrected chi connectivity index (χ1v) is 7.48. The van der Waals surface area contributed by atoms with Crippen LogP contribution >= 0.6 is 11.3 Å². The molecule has 2 N–H and O–H groups in total. The lowest BCUT2D eigenvalue weighted by Gasteiger charge is -2.04. The molecule has 0 radical (unpaired) electrons. The number of H-pyrrole nitrogens is 1. The van der Waals surface area contributed by atoms with Crippen LogP contribution in [0.4, 0.5) is 0 Å². The predicted molar refractivity (Wildman–Crippen MR) is 81.5 cm³/mol. The van der Waals surface area contributed by atoms with Gasteiger partial charge in [-0.2, -0.15) is 5.10 Å². The van der Waals surface area contributed by atoms with Crippen molar-refractivity contribution in [2.75, 3.05) is 6.54 Å². The minimum absolute atomic E-state index is 0.816. The zero-order valence-electron chi connectivity index (χ0n) is 11.0. The number of thiophene rings is 1. The van der Waals surface area contributed by atoms with Crippen LogP contribution in [0.5, 0.6) is 0 Å². The van der Waals surface area contributed by atoms with Crippen LogP contribution in [0, 0.1) is 0 Å². The monoisotopic (exact) mass is 284 g/mol. The standard InChI is InChI=1S/C15H16N4S/c1-2-7-17-13(4-1)6-8-16-10-12-11-18-19-15(12)14-5-3-9-20-14/h1-5,7,9,11,16H,6,8,10H2,(H,18,19). The van der Waals surface area contributed by atoms with Crippen molar-refractivity contribution in [2.24, 2.45) is 0 Å². The van der Waals surface area contributed by atoms with Crippen molar-refractivity contribution in [1.82, 2.24) is 20.5 Å². The topological polar surface area (TPSA) is 53.6 Å². The van der Waals surface area contributed by atoms with E-state index in [0.29, 0.717) is 0 Å². The molecule has 20 heavy (non-hydrogen) atoms. The van der Waals surface area contributed by atoms with Gasteiger partial charge in [-0.3, -0.25) is 10.1 Å². The molecule has 0 amide bonds. The Hall–Kier alpha value is -1.98. The number of pyridine rings is 1. The first-order chi connectivity index (χ1) is 9.93. The molecule has 5 heteroatoms. The number of nitrogens with zero attached hydrogens (tertiary/aromatic N) is 2. The van der Waals surface area contributed by atoms with E-state index in [-0.39, 0.29) is 0 Å². The third-order valence-electron chi connectivity index (χ3n) is 3.08. The van der Waals surface area contributed by atoms with E-state index < -0.39 is 0 Å². The Morgan fingerprint density at radius 2 is 2.20 bits per heavy atom. The van der Waals surface area contributed by atoms with Gasteiger partial charge in [0.25, 0.3) is 0 Å². The third kappa shape index (κ3) is 3.12. The van der Waals surface area contributed by atoms with E-state index in [1.54, 1.807) is 11.3 Å². The predicted octanol–water partition coefficient (Wildman–Crippen LogP) is 2.87. The molecule has 0 aliphatic rings. The van der Waals surface area contributed by atoms with Crippen molar-refractivity contribution in [1.29, 1.82) is 0 Å². The molecular weight excluding hydrogens is 268 g/mol. The summed E-state index contributed by atoms with van der Waals surface area (Å²) in [4.78, 5) is 5.54. The number of hydrogen-bond donors (Lipinski definition) is 2. The van der Waals surface area contributed by atoms with Gasteiger partial charge < -0.3 is 5.32 Å². The highest BCUT2D eigenvalue weighted by molar-refractivity contribution is 7.13. The van der Waals surface area contributed by atoms with Crippen molar-refractivity contribution < 1.29 is 0 Å². The smallest absolute Gasteiger partial charge is 0.0794 e. The zero-order chi connectivity index (χ0) is 13.6. The summed E-state index contributed by atoms with van der Waals surface area (Å²) in [6.07, 6.45) is 4.66. The van der Waals surface area contributed by atoms with Crippen LogP contribution in [0.15, 0.2) is 48.1 Å². The number of aromatic nitrogens is 3. The van der Waals surface area contributed by atoms with Crippen LogP contribution in [0.25, 0.3) is 10.6 Å². The molecule has 0 bridgehead atoms. The molecular formula is C15H16N4S. The van der Waals surface area contributed by atoms with E-state index >= 15 is 0 Å². The van der Waals surface area contributed by atoms with Crippen molar-refractivity contribution in [3.8, 4) is 10.6 Å². The molecule has 0 spiro atoms. The van der Waals surface area contributed by atoms with Crippen LogP contribution in [0.2, 0.25) is 0 Å². The minimum Gasteiger partial charge on any atom is -0.312 e. The first-order valence-electron chi connectivity index (χ1n) is 6.60. The summed E-state index contributed by atoms with van der Waals surface area (Å²) in [5, 5.41) is 12.7. The molecule has 102 valence electrons. The molecule has 0 fully saturated rings. The Labute approximate surface area is 121 Å². The average Bonchev–Trinajstić information content (AvgIpc) is 3.15. The van der Waals surface area contributed by atoms with Gasteiger partial charge in [0.1, 0.15) is 0 Å². The summed E-state index contributed by atoms with van der Waals surface area (Å²) in [6.45, 7) is 1.72. The van der Waals surface area contributed by atoms with Gasteiger partial charge >= 0.3 is 0 Å². The highest BCUT2D eigenvalue weighted by atomic mass is 32.1. The van der Waals surface area contributed by atoms with Gasteiger partial charge in [-0.05, 0) is 23.6 Å². The lowest BCUT2D eigenvalue weighted by Crippen LogP contribution is -2.17. The van der Waals surface area contributed by atoms with Crippen molar-refractivity contribution >= 4 is 11.3 Å². The van der Waals surface area contributed by atoms with Gasteiger partial charge in [0.05, 0.1) is 16.8 Å². The summed E-state index contributed by atoms with van der Waals surface area (Å²) < 4.78 is 0. The van der Waals surface area contributed by atoms with Gasteiger partial charge in [0.15, 0.2) is 0 Å². The van der Waals surface area contributed by atoms with E-state index in [4.69, 9.17) is 0 Å². The maximum atomic E-state index is 4.31. The molecule has 3 aromatic heterocycles. The zero-order valence-corrected chi connectivity index (χ0v) is 11.9. The summed E-state index contributed by atoms with van der Waals surface area (Å²) in [6, 6.07) is 10.2. The maximum absolute atomic E-state index is 4.31. The molecule has 0 unspecified atom stereocenters. The Kier molecular flexibility index (Phi) is 4.20. The molecule has 4 nitrogen and oxygen atoms in total.